The number of nitrogens with zero attached hydrogens (tertiary/aromatic N) is 1. The third kappa shape index (κ3) is 2.63. The zero-order chi connectivity index (χ0) is 14.9. The van der Waals surface area contributed by atoms with Gasteiger partial charge in [0.15, 0.2) is 0 Å². The van der Waals surface area contributed by atoms with E-state index in [1.54, 1.807) is 6.92 Å². The SMILES string of the molecule is CC1(C(=O)O)CCCN(C(=O)c2cc(=O)[nH]c(=O)[nH]2)C1. The number of H-pyrrole nitrogens is 2. The van der Waals surface area contributed by atoms with E-state index in [9.17, 15) is 24.3 Å². The summed E-state index contributed by atoms with van der Waals surface area (Å²) in [4.78, 5) is 51.4. The number of carbonyl (C=O) groups excluding carboxylic acids is 1. The number of amides is 1. The van der Waals surface area contributed by atoms with Gasteiger partial charge < -0.3 is 15.0 Å². The first-order chi connectivity index (χ1) is 9.32. The van der Waals surface area contributed by atoms with Crippen molar-refractivity contribution >= 4 is 11.9 Å². The molecule has 0 aromatic carbocycles. The minimum Gasteiger partial charge on any atom is -0.481 e. The summed E-state index contributed by atoms with van der Waals surface area (Å²) in [6.07, 6.45) is 1.04. The van der Waals surface area contributed by atoms with Crippen LogP contribution in [0.5, 0.6) is 0 Å². The Balaban J connectivity index is 2.27. The van der Waals surface area contributed by atoms with Crippen molar-refractivity contribution in [1.82, 2.24) is 14.9 Å². The average molecular weight is 281 g/mol. The molecule has 1 aromatic rings. The molecule has 8 heteroatoms. The van der Waals surface area contributed by atoms with Crippen LogP contribution in [0.3, 0.4) is 0 Å². The molecule has 0 radical (unpaired) electrons. The van der Waals surface area contributed by atoms with E-state index in [1.165, 1.54) is 4.90 Å². The molecule has 0 aliphatic carbocycles. The highest BCUT2D eigenvalue weighted by atomic mass is 16.4. The third-order valence-corrected chi connectivity index (χ3v) is 3.49. The number of aromatic nitrogens is 2. The molecule has 1 atom stereocenters. The maximum atomic E-state index is 12.2. The molecular weight excluding hydrogens is 266 g/mol. The molecule has 8 nitrogen and oxygen atoms in total. The fourth-order valence-corrected chi connectivity index (χ4v) is 2.34. The number of hydrogen-bond donors (Lipinski definition) is 3. The van der Waals surface area contributed by atoms with Crippen LogP contribution in [-0.4, -0.2) is 44.9 Å². The number of aromatic amines is 2. The van der Waals surface area contributed by atoms with Gasteiger partial charge in [0.05, 0.1) is 5.41 Å². The molecule has 1 amide bonds. The summed E-state index contributed by atoms with van der Waals surface area (Å²) in [6, 6.07) is 0.996. The van der Waals surface area contributed by atoms with E-state index in [1.807, 2.05) is 4.98 Å². The second-order valence-corrected chi connectivity index (χ2v) is 5.20. The van der Waals surface area contributed by atoms with Gasteiger partial charge in [0.25, 0.3) is 11.5 Å². The molecule has 3 N–H and O–H groups in total. The molecule has 1 aromatic heterocycles. The van der Waals surface area contributed by atoms with Gasteiger partial charge in [-0.05, 0) is 19.8 Å². The van der Waals surface area contributed by atoms with Crippen molar-refractivity contribution in [1.29, 1.82) is 0 Å². The second kappa shape index (κ2) is 4.95. The van der Waals surface area contributed by atoms with E-state index in [0.717, 1.165) is 6.07 Å². The zero-order valence-electron chi connectivity index (χ0n) is 10.9. The highest BCUT2D eigenvalue weighted by molar-refractivity contribution is 5.92. The van der Waals surface area contributed by atoms with Crippen molar-refractivity contribution in [3.05, 3.63) is 32.6 Å². The van der Waals surface area contributed by atoms with E-state index in [2.05, 4.69) is 4.98 Å². The molecule has 2 heterocycles. The van der Waals surface area contributed by atoms with Crippen molar-refractivity contribution in [2.24, 2.45) is 5.41 Å². The number of aliphatic carboxylic acids is 1. The molecule has 108 valence electrons. The Labute approximate surface area is 113 Å². The molecule has 1 fully saturated rings. The number of hydrogen-bond acceptors (Lipinski definition) is 4. The number of nitrogens with one attached hydrogen (secondary N) is 2. The first kappa shape index (κ1) is 14.0. The summed E-state index contributed by atoms with van der Waals surface area (Å²) in [5.41, 5.74) is -2.57. The van der Waals surface area contributed by atoms with Crippen LogP contribution in [0.15, 0.2) is 15.7 Å². The lowest BCUT2D eigenvalue weighted by Crippen LogP contribution is -2.49. The predicted molar refractivity (Wildman–Crippen MR) is 68.6 cm³/mol. The maximum absolute atomic E-state index is 12.2. The average Bonchev–Trinajstić information content (AvgIpc) is 2.36. The summed E-state index contributed by atoms with van der Waals surface area (Å²) in [7, 11) is 0. The molecule has 0 saturated carbocycles. The fourth-order valence-electron chi connectivity index (χ4n) is 2.34. The topological polar surface area (TPSA) is 123 Å². The summed E-state index contributed by atoms with van der Waals surface area (Å²) >= 11 is 0. The largest absolute Gasteiger partial charge is 0.481 e. The first-order valence-electron chi connectivity index (χ1n) is 6.18. The zero-order valence-corrected chi connectivity index (χ0v) is 10.9. The van der Waals surface area contributed by atoms with Crippen molar-refractivity contribution in [2.75, 3.05) is 13.1 Å². The highest BCUT2D eigenvalue weighted by Gasteiger charge is 2.39. The Morgan fingerprint density at radius 3 is 2.65 bits per heavy atom. The Morgan fingerprint density at radius 2 is 2.05 bits per heavy atom. The quantitative estimate of drug-likeness (QED) is 0.667. The van der Waals surface area contributed by atoms with Crippen molar-refractivity contribution in [3.63, 3.8) is 0 Å². The maximum Gasteiger partial charge on any atom is 0.326 e. The minimum absolute atomic E-state index is 0.0516. The van der Waals surface area contributed by atoms with E-state index in [0.29, 0.717) is 19.4 Å². The normalized spacial score (nSPS) is 22.6. The van der Waals surface area contributed by atoms with Gasteiger partial charge in [0.1, 0.15) is 5.69 Å². The highest BCUT2D eigenvalue weighted by Crippen LogP contribution is 2.30. The first-order valence-corrected chi connectivity index (χ1v) is 6.18. The van der Waals surface area contributed by atoms with E-state index in [4.69, 9.17) is 0 Å². The smallest absolute Gasteiger partial charge is 0.326 e. The van der Waals surface area contributed by atoms with Crippen LogP contribution in [-0.2, 0) is 4.79 Å². The van der Waals surface area contributed by atoms with Crippen LogP contribution in [0.25, 0.3) is 0 Å². The van der Waals surface area contributed by atoms with Gasteiger partial charge in [-0.15, -0.1) is 0 Å². The van der Waals surface area contributed by atoms with Gasteiger partial charge in [0.2, 0.25) is 0 Å². The Hall–Kier alpha value is -2.38. The number of carboxylic acid groups (broad SMARTS) is 1. The van der Waals surface area contributed by atoms with Crippen LogP contribution < -0.4 is 11.2 Å². The number of likely N-dealkylation sites (tertiary alicyclic amines) is 1. The van der Waals surface area contributed by atoms with Crippen LogP contribution in [0.4, 0.5) is 0 Å². The monoisotopic (exact) mass is 281 g/mol. The fraction of sp³-hybridized carbons (Fsp3) is 0.500. The Kier molecular flexibility index (Phi) is 3.47. The summed E-state index contributed by atoms with van der Waals surface area (Å²) < 4.78 is 0. The van der Waals surface area contributed by atoms with Crippen LogP contribution >= 0.6 is 0 Å². The lowest BCUT2D eigenvalue weighted by molar-refractivity contribution is -0.150. The number of rotatable bonds is 2. The summed E-state index contributed by atoms with van der Waals surface area (Å²) in [5, 5.41) is 9.21. The van der Waals surface area contributed by atoms with Crippen LogP contribution in [0.2, 0.25) is 0 Å². The molecule has 1 unspecified atom stereocenters. The molecule has 1 aliphatic rings. The van der Waals surface area contributed by atoms with Gasteiger partial charge in [-0.2, -0.15) is 0 Å². The molecule has 0 spiro atoms. The van der Waals surface area contributed by atoms with Crippen LogP contribution in [0.1, 0.15) is 30.3 Å². The molecule has 1 aliphatic heterocycles. The number of piperidine rings is 1. The van der Waals surface area contributed by atoms with Crippen molar-refractivity contribution in [3.8, 4) is 0 Å². The third-order valence-electron chi connectivity index (χ3n) is 3.49. The Morgan fingerprint density at radius 1 is 1.35 bits per heavy atom. The number of carboxylic acids is 1. The van der Waals surface area contributed by atoms with E-state index < -0.39 is 28.5 Å². The second-order valence-electron chi connectivity index (χ2n) is 5.20. The predicted octanol–water partition coefficient (Wildman–Crippen LogP) is -0.610. The molecule has 2 rings (SSSR count). The lowest BCUT2D eigenvalue weighted by Gasteiger charge is -2.37. The Bertz CT molecular complexity index is 633. The molecule has 0 bridgehead atoms. The summed E-state index contributed by atoms with van der Waals surface area (Å²) in [6.45, 7) is 2.03. The van der Waals surface area contributed by atoms with E-state index in [-0.39, 0.29) is 12.2 Å². The van der Waals surface area contributed by atoms with Gasteiger partial charge in [-0.3, -0.25) is 19.4 Å². The van der Waals surface area contributed by atoms with Crippen molar-refractivity contribution in [2.45, 2.75) is 19.8 Å². The standard InChI is InChI=1S/C12H15N3O5/c1-12(10(18)19)3-2-4-15(6-12)9(17)7-5-8(16)14-11(20)13-7/h5H,2-4,6H2,1H3,(H,18,19)(H2,13,14,16,20). The van der Waals surface area contributed by atoms with Gasteiger partial charge >= 0.3 is 11.7 Å². The van der Waals surface area contributed by atoms with Gasteiger partial charge in [-0.1, -0.05) is 0 Å². The minimum atomic E-state index is -1.00. The molecule has 1 saturated heterocycles. The lowest BCUT2D eigenvalue weighted by atomic mass is 9.82. The van der Waals surface area contributed by atoms with Gasteiger partial charge in [0, 0.05) is 19.2 Å². The van der Waals surface area contributed by atoms with Crippen LogP contribution in [0, 0.1) is 5.41 Å². The van der Waals surface area contributed by atoms with Gasteiger partial charge in [-0.25, -0.2) is 4.79 Å². The summed E-state index contributed by atoms with van der Waals surface area (Å²) in [5.74, 6) is -1.50. The molecule has 20 heavy (non-hydrogen) atoms. The molecular formula is C12H15N3O5. The van der Waals surface area contributed by atoms with Crippen molar-refractivity contribution < 1.29 is 14.7 Å². The number of carbonyl (C=O) groups is 2. The van der Waals surface area contributed by atoms with E-state index >= 15 is 0 Å².